The van der Waals surface area contributed by atoms with Gasteiger partial charge < -0.3 is 5.32 Å². The molecule has 0 atom stereocenters. The molecule has 0 aliphatic carbocycles. The van der Waals surface area contributed by atoms with Crippen molar-refractivity contribution in [3.05, 3.63) is 51.7 Å². The first kappa shape index (κ1) is 10.5. The number of nitrogens with one attached hydrogen (secondary N) is 1. The average molecular weight is 243 g/mol. The Bertz CT molecular complexity index is 545. The highest BCUT2D eigenvalue weighted by atomic mass is 32.1. The lowest BCUT2D eigenvalue weighted by molar-refractivity contribution is 0.103. The molecule has 86 valence electrons. The quantitative estimate of drug-likeness (QED) is 0.820. The zero-order chi connectivity index (χ0) is 11.7. The Morgan fingerprint density at radius 1 is 1.29 bits per heavy atom. The second-order valence-electron chi connectivity index (χ2n) is 4.20. The number of rotatable bonds is 2. The fourth-order valence-electron chi connectivity index (χ4n) is 2.27. The molecule has 0 fully saturated rings. The third kappa shape index (κ3) is 1.87. The van der Waals surface area contributed by atoms with Gasteiger partial charge in [-0.1, -0.05) is 12.1 Å². The van der Waals surface area contributed by atoms with Crippen molar-refractivity contribution < 1.29 is 4.79 Å². The van der Waals surface area contributed by atoms with Gasteiger partial charge in [-0.25, -0.2) is 0 Å². The molecule has 0 saturated heterocycles. The summed E-state index contributed by atoms with van der Waals surface area (Å²) in [6, 6.07) is 7.84. The summed E-state index contributed by atoms with van der Waals surface area (Å²) in [7, 11) is 0. The van der Waals surface area contributed by atoms with Crippen LogP contribution in [0, 0.1) is 0 Å². The average Bonchev–Trinajstić information content (AvgIpc) is 2.91. The molecule has 1 aliphatic rings. The molecule has 0 unspecified atom stereocenters. The van der Waals surface area contributed by atoms with Crippen LogP contribution in [0.5, 0.6) is 0 Å². The zero-order valence-corrected chi connectivity index (χ0v) is 10.2. The van der Waals surface area contributed by atoms with Crippen LogP contribution in [0.2, 0.25) is 0 Å². The number of thiophene rings is 1. The maximum Gasteiger partial charge on any atom is 0.194 e. The second kappa shape index (κ2) is 4.34. The lowest BCUT2D eigenvalue weighted by Crippen LogP contribution is -2.15. The van der Waals surface area contributed by atoms with Gasteiger partial charge in [0.25, 0.3) is 0 Å². The van der Waals surface area contributed by atoms with E-state index >= 15 is 0 Å². The number of hydrogen-bond donors (Lipinski definition) is 1. The number of carbonyl (C=O) groups is 1. The minimum Gasteiger partial charge on any atom is -0.385 e. The molecule has 0 spiro atoms. The second-order valence-corrected chi connectivity index (χ2v) is 4.98. The van der Waals surface area contributed by atoms with Crippen LogP contribution in [0.15, 0.2) is 35.0 Å². The van der Waals surface area contributed by atoms with E-state index in [-0.39, 0.29) is 5.78 Å². The molecule has 1 N–H and O–H groups in total. The van der Waals surface area contributed by atoms with Crippen molar-refractivity contribution in [2.24, 2.45) is 0 Å². The van der Waals surface area contributed by atoms with E-state index in [1.54, 1.807) is 11.3 Å². The molecule has 1 aliphatic heterocycles. The number of carbonyl (C=O) groups excluding carboxylic acids is 1. The van der Waals surface area contributed by atoms with Crippen molar-refractivity contribution in [1.82, 2.24) is 0 Å². The molecule has 0 bridgehead atoms. The zero-order valence-electron chi connectivity index (χ0n) is 9.40. The van der Waals surface area contributed by atoms with Gasteiger partial charge >= 0.3 is 0 Å². The highest BCUT2D eigenvalue weighted by Crippen LogP contribution is 2.27. The lowest BCUT2D eigenvalue weighted by atomic mass is 9.93. The fraction of sp³-hybridized carbons (Fsp3) is 0.214. The molecule has 0 amide bonds. The number of ketones is 1. The SMILES string of the molecule is O=C(c1ccsc1)c1cccc2c1CCCN2. The lowest BCUT2D eigenvalue weighted by Gasteiger charge is -2.20. The first-order chi connectivity index (χ1) is 8.36. The maximum absolute atomic E-state index is 12.4. The van der Waals surface area contributed by atoms with E-state index in [0.29, 0.717) is 0 Å². The van der Waals surface area contributed by atoms with Gasteiger partial charge in [0.15, 0.2) is 5.78 Å². The Kier molecular flexibility index (Phi) is 2.69. The van der Waals surface area contributed by atoms with Crippen LogP contribution in [0.3, 0.4) is 0 Å². The summed E-state index contributed by atoms with van der Waals surface area (Å²) < 4.78 is 0. The first-order valence-electron chi connectivity index (χ1n) is 5.79. The smallest absolute Gasteiger partial charge is 0.194 e. The molecule has 0 saturated carbocycles. The van der Waals surface area contributed by atoms with Crippen LogP contribution >= 0.6 is 11.3 Å². The van der Waals surface area contributed by atoms with Crippen LogP contribution in [-0.4, -0.2) is 12.3 Å². The highest BCUT2D eigenvalue weighted by Gasteiger charge is 2.18. The van der Waals surface area contributed by atoms with Crippen molar-refractivity contribution in [3.63, 3.8) is 0 Å². The maximum atomic E-state index is 12.4. The molecule has 0 radical (unpaired) electrons. The largest absolute Gasteiger partial charge is 0.385 e. The van der Waals surface area contributed by atoms with Gasteiger partial charge in [0, 0.05) is 28.7 Å². The van der Waals surface area contributed by atoms with E-state index in [9.17, 15) is 4.79 Å². The van der Waals surface area contributed by atoms with Crippen LogP contribution in [0.1, 0.15) is 27.9 Å². The first-order valence-corrected chi connectivity index (χ1v) is 6.73. The Morgan fingerprint density at radius 2 is 2.24 bits per heavy atom. The normalized spacial score (nSPS) is 13.9. The summed E-state index contributed by atoms with van der Waals surface area (Å²) in [5.74, 6) is 0.145. The summed E-state index contributed by atoms with van der Waals surface area (Å²) in [5.41, 5.74) is 3.95. The van der Waals surface area contributed by atoms with Crippen molar-refractivity contribution >= 4 is 22.8 Å². The molecule has 17 heavy (non-hydrogen) atoms. The monoisotopic (exact) mass is 243 g/mol. The molecular formula is C14H13NOS. The number of fused-ring (bicyclic) bond motifs is 1. The number of benzene rings is 1. The van der Waals surface area contributed by atoms with E-state index in [2.05, 4.69) is 11.4 Å². The Labute approximate surface area is 104 Å². The van der Waals surface area contributed by atoms with E-state index < -0.39 is 0 Å². The van der Waals surface area contributed by atoms with Crippen molar-refractivity contribution in [1.29, 1.82) is 0 Å². The number of anilines is 1. The predicted octanol–water partition coefficient (Wildman–Crippen LogP) is 3.34. The molecule has 1 aromatic carbocycles. The Hall–Kier alpha value is -1.61. The van der Waals surface area contributed by atoms with Crippen LogP contribution in [-0.2, 0) is 6.42 Å². The number of hydrogen-bond acceptors (Lipinski definition) is 3. The minimum absolute atomic E-state index is 0.145. The molecule has 3 heteroatoms. The highest BCUT2D eigenvalue weighted by molar-refractivity contribution is 7.08. The van der Waals surface area contributed by atoms with Crippen molar-refractivity contribution in [2.75, 3.05) is 11.9 Å². The van der Waals surface area contributed by atoms with Gasteiger partial charge in [-0.2, -0.15) is 11.3 Å². The van der Waals surface area contributed by atoms with Gasteiger partial charge in [0.05, 0.1) is 0 Å². The molecule has 2 nitrogen and oxygen atoms in total. The molecule has 2 aromatic rings. The van der Waals surface area contributed by atoms with Gasteiger partial charge in [-0.05, 0) is 35.9 Å². The summed E-state index contributed by atoms with van der Waals surface area (Å²) in [6.45, 7) is 1.00. The van der Waals surface area contributed by atoms with Crippen LogP contribution in [0.25, 0.3) is 0 Å². The molecule has 1 aromatic heterocycles. The Balaban J connectivity index is 2.06. The third-order valence-corrected chi connectivity index (χ3v) is 3.81. The summed E-state index contributed by atoms with van der Waals surface area (Å²) in [5, 5.41) is 7.21. The van der Waals surface area contributed by atoms with E-state index in [0.717, 1.165) is 36.2 Å². The third-order valence-electron chi connectivity index (χ3n) is 3.12. The van der Waals surface area contributed by atoms with Gasteiger partial charge in [-0.3, -0.25) is 4.79 Å². The van der Waals surface area contributed by atoms with E-state index in [1.165, 1.54) is 5.56 Å². The predicted molar refractivity (Wildman–Crippen MR) is 71.0 cm³/mol. The van der Waals surface area contributed by atoms with Gasteiger partial charge in [0.2, 0.25) is 0 Å². The van der Waals surface area contributed by atoms with Crippen LogP contribution in [0.4, 0.5) is 5.69 Å². The molecule has 3 rings (SSSR count). The standard InChI is InChI=1S/C14H13NOS/c16-14(10-6-8-17-9-10)12-3-1-5-13-11(12)4-2-7-15-13/h1,3,5-6,8-9,15H,2,4,7H2. The minimum atomic E-state index is 0.145. The van der Waals surface area contributed by atoms with Crippen LogP contribution < -0.4 is 5.32 Å². The van der Waals surface area contributed by atoms with Gasteiger partial charge in [0.1, 0.15) is 0 Å². The van der Waals surface area contributed by atoms with E-state index in [4.69, 9.17) is 0 Å². The topological polar surface area (TPSA) is 29.1 Å². The summed E-state index contributed by atoms with van der Waals surface area (Å²) >= 11 is 1.56. The molecular weight excluding hydrogens is 230 g/mol. The molecule has 2 heterocycles. The van der Waals surface area contributed by atoms with Gasteiger partial charge in [-0.15, -0.1) is 0 Å². The van der Waals surface area contributed by atoms with Crippen molar-refractivity contribution in [3.8, 4) is 0 Å². The Morgan fingerprint density at radius 3 is 3.06 bits per heavy atom. The van der Waals surface area contributed by atoms with Crippen molar-refractivity contribution in [2.45, 2.75) is 12.8 Å². The summed E-state index contributed by atoms with van der Waals surface area (Å²) in [4.78, 5) is 12.4. The fourth-order valence-corrected chi connectivity index (χ4v) is 2.91. The van der Waals surface area contributed by atoms with E-state index in [1.807, 2.05) is 29.0 Å². The summed E-state index contributed by atoms with van der Waals surface area (Å²) in [6.07, 6.45) is 2.09.